The van der Waals surface area contributed by atoms with Crippen LogP contribution in [0.5, 0.6) is 0 Å². The molecule has 0 aliphatic heterocycles. The van der Waals surface area contributed by atoms with E-state index in [4.69, 9.17) is 0 Å². The van der Waals surface area contributed by atoms with Gasteiger partial charge in [-0.1, -0.05) is 12.1 Å². The number of hydrogen-bond donors (Lipinski definition) is 2. The van der Waals surface area contributed by atoms with E-state index in [1.54, 1.807) is 12.1 Å². The number of nitrogens with zero attached hydrogens (tertiary/aromatic N) is 1. The molecule has 1 heterocycles. The fourth-order valence-electron chi connectivity index (χ4n) is 1.29. The lowest BCUT2D eigenvalue weighted by Gasteiger charge is -1.98. The second-order valence-electron chi connectivity index (χ2n) is 3.26. The second kappa shape index (κ2) is 4.09. The Morgan fingerprint density at radius 1 is 1.19 bits per heavy atom. The zero-order valence-electron chi connectivity index (χ0n) is 8.16. The lowest BCUT2D eigenvalue weighted by Crippen LogP contribution is -2.27. The van der Waals surface area contributed by atoms with Crippen molar-refractivity contribution in [1.29, 1.82) is 0 Å². The van der Waals surface area contributed by atoms with Crippen molar-refractivity contribution in [3.05, 3.63) is 62.2 Å². The summed E-state index contributed by atoms with van der Waals surface area (Å²) in [5.41, 5.74) is -0.251. The van der Waals surface area contributed by atoms with E-state index in [0.717, 1.165) is 5.56 Å². The number of halogens is 1. The fraction of sp³-hybridized carbons (Fsp3) is 0.100. The van der Waals surface area contributed by atoms with Crippen molar-refractivity contribution in [2.45, 2.75) is 6.42 Å². The molecule has 16 heavy (non-hydrogen) atoms. The molecule has 0 atom stereocenters. The van der Waals surface area contributed by atoms with E-state index < -0.39 is 11.2 Å². The molecule has 0 aliphatic carbocycles. The highest BCUT2D eigenvalue weighted by Gasteiger charge is 2.03. The number of rotatable bonds is 2. The summed E-state index contributed by atoms with van der Waals surface area (Å²) in [6, 6.07) is 5.72. The molecular formula is C10H8FN3O2. The molecule has 0 unspecified atom stereocenters. The van der Waals surface area contributed by atoms with E-state index in [9.17, 15) is 14.0 Å². The van der Waals surface area contributed by atoms with Crippen LogP contribution in [-0.2, 0) is 6.42 Å². The Hall–Kier alpha value is -2.24. The summed E-state index contributed by atoms with van der Waals surface area (Å²) in [6.45, 7) is 0. The molecule has 0 radical (unpaired) electrons. The van der Waals surface area contributed by atoms with Crippen molar-refractivity contribution in [2.24, 2.45) is 0 Å². The van der Waals surface area contributed by atoms with Crippen LogP contribution in [0.2, 0.25) is 0 Å². The first-order valence-electron chi connectivity index (χ1n) is 4.57. The maximum atomic E-state index is 12.6. The molecule has 82 valence electrons. The van der Waals surface area contributed by atoms with Crippen LogP contribution in [0.3, 0.4) is 0 Å². The number of nitrogens with one attached hydrogen (secondary N) is 2. The average Bonchev–Trinajstić information content (AvgIpc) is 2.25. The summed E-state index contributed by atoms with van der Waals surface area (Å²) >= 11 is 0. The highest BCUT2D eigenvalue weighted by molar-refractivity contribution is 5.20. The highest BCUT2D eigenvalue weighted by atomic mass is 19.1. The van der Waals surface area contributed by atoms with Crippen molar-refractivity contribution in [3.8, 4) is 0 Å². The maximum absolute atomic E-state index is 12.6. The SMILES string of the molecule is O=c1[nH]nc(Cc2ccc(F)cc2)c(=O)[nH]1. The Labute approximate surface area is 89.0 Å². The van der Waals surface area contributed by atoms with Gasteiger partial charge in [-0.3, -0.25) is 9.78 Å². The average molecular weight is 221 g/mol. The molecule has 1 aromatic heterocycles. The second-order valence-corrected chi connectivity index (χ2v) is 3.26. The first-order chi connectivity index (χ1) is 7.65. The van der Waals surface area contributed by atoms with Gasteiger partial charge in [0.05, 0.1) is 0 Å². The summed E-state index contributed by atoms with van der Waals surface area (Å²) in [6.07, 6.45) is 0.242. The molecule has 2 rings (SSSR count). The van der Waals surface area contributed by atoms with Crippen LogP contribution in [0, 0.1) is 5.82 Å². The van der Waals surface area contributed by atoms with Gasteiger partial charge >= 0.3 is 5.69 Å². The van der Waals surface area contributed by atoms with E-state index in [2.05, 4.69) is 15.2 Å². The van der Waals surface area contributed by atoms with Crippen LogP contribution in [-0.4, -0.2) is 15.2 Å². The monoisotopic (exact) mass is 221 g/mol. The number of benzene rings is 1. The Morgan fingerprint density at radius 3 is 2.50 bits per heavy atom. The number of aromatic nitrogens is 3. The summed E-state index contributed by atoms with van der Waals surface area (Å²) < 4.78 is 12.6. The van der Waals surface area contributed by atoms with Gasteiger partial charge in [0.25, 0.3) is 5.56 Å². The minimum atomic E-state index is -0.646. The molecule has 0 aliphatic rings. The van der Waals surface area contributed by atoms with Crippen molar-refractivity contribution in [2.75, 3.05) is 0 Å². The first kappa shape index (κ1) is 10.3. The van der Waals surface area contributed by atoms with E-state index >= 15 is 0 Å². The van der Waals surface area contributed by atoms with Crippen molar-refractivity contribution >= 4 is 0 Å². The predicted octanol–water partition coefficient (Wildman–Crippen LogP) is 0.188. The molecular weight excluding hydrogens is 213 g/mol. The summed E-state index contributed by atoms with van der Waals surface area (Å²) in [7, 11) is 0. The molecule has 0 saturated carbocycles. The molecule has 2 aromatic rings. The minimum Gasteiger partial charge on any atom is -0.271 e. The maximum Gasteiger partial charge on any atom is 0.342 e. The van der Waals surface area contributed by atoms with E-state index in [0.29, 0.717) is 0 Å². The van der Waals surface area contributed by atoms with E-state index in [1.165, 1.54) is 12.1 Å². The standard InChI is InChI=1S/C10H8FN3O2/c11-7-3-1-6(2-4-7)5-8-9(15)12-10(16)14-13-8/h1-4H,5H2,(H2,12,14,15,16). The summed E-state index contributed by atoms with van der Waals surface area (Å²) in [5, 5.41) is 5.76. The number of aromatic amines is 2. The van der Waals surface area contributed by atoms with E-state index in [1.807, 2.05) is 0 Å². The molecule has 0 saturated heterocycles. The quantitative estimate of drug-likeness (QED) is 0.759. The molecule has 0 amide bonds. The number of H-pyrrole nitrogens is 2. The molecule has 0 fully saturated rings. The predicted molar refractivity (Wildman–Crippen MR) is 54.7 cm³/mol. The van der Waals surface area contributed by atoms with Crippen molar-refractivity contribution < 1.29 is 4.39 Å². The fourth-order valence-corrected chi connectivity index (χ4v) is 1.29. The van der Waals surface area contributed by atoms with Crippen LogP contribution >= 0.6 is 0 Å². The third-order valence-electron chi connectivity index (χ3n) is 2.07. The van der Waals surface area contributed by atoms with Gasteiger partial charge in [-0.05, 0) is 17.7 Å². The van der Waals surface area contributed by atoms with Gasteiger partial charge in [0.1, 0.15) is 11.5 Å². The van der Waals surface area contributed by atoms with Crippen molar-refractivity contribution in [1.82, 2.24) is 15.2 Å². The Balaban J connectivity index is 2.30. The molecule has 2 N–H and O–H groups in total. The Bertz CT molecular complexity index is 600. The van der Waals surface area contributed by atoms with Gasteiger partial charge in [-0.25, -0.2) is 14.3 Å². The van der Waals surface area contributed by atoms with Crippen LogP contribution in [0.1, 0.15) is 11.3 Å². The third-order valence-corrected chi connectivity index (χ3v) is 2.07. The zero-order valence-corrected chi connectivity index (χ0v) is 8.16. The molecule has 1 aromatic carbocycles. The van der Waals surface area contributed by atoms with Gasteiger partial charge in [0, 0.05) is 6.42 Å². The van der Waals surface area contributed by atoms with Crippen LogP contribution in [0.25, 0.3) is 0 Å². The smallest absolute Gasteiger partial charge is 0.271 e. The third kappa shape index (κ3) is 2.22. The van der Waals surface area contributed by atoms with Crippen LogP contribution in [0.15, 0.2) is 33.9 Å². The summed E-state index contributed by atoms with van der Waals surface area (Å²) in [5.74, 6) is -0.341. The topological polar surface area (TPSA) is 78.6 Å². The van der Waals surface area contributed by atoms with Gasteiger partial charge in [-0.2, -0.15) is 5.10 Å². The molecule has 5 nitrogen and oxygen atoms in total. The zero-order chi connectivity index (χ0) is 11.5. The lowest BCUT2D eigenvalue weighted by molar-refractivity contribution is 0.627. The van der Waals surface area contributed by atoms with Gasteiger partial charge in [0.2, 0.25) is 0 Å². The minimum absolute atomic E-state index is 0.186. The molecule has 0 bridgehead atoms. The molecule has 0 spiro atoms. The van der Waals surface area contributed by atoms with Crippen LogP contribution in [0.4, 0.5) is 4.39 Å². The Morgan fingerprint density at radius 2 is 1.88 bits per heavy atom. The molecule has 6 heteroatoms. The summed E-state index contributed by atoms with van der Waals surface area (Å²) in [4.78, 5) is 24.1. The van der Waals surface area contributed by atoms with Crippen LogP contribution < -0.4 is 11.2 Å². The number of hydrogen-bond acceptors (Lipinski definition) is 3. The first-order valence-corrected chi connectivity index (χ1v) is 4.57. The Kier molecular flexibility index (Phi) is 2.63. The van der Waals surface area contributed by atoms with E-state index in [-0.39, 0.29) is 17.9 Å². The largest absolute Gasteiger partial charge is 0.342 e. The highest BCUT2D eigenvalue weighted by Crippen LogP contribution is 2.05. The van der Waals surface area contributed by atoms with Gasteiger partial charge in [-0.15, -0.1) is 0 Å². The normalized spacial score (nSPS) is 10.3. The lowest BCUT2D eigenvalue weighted by atomic mass is 10.1. The van der Waals surface area contributed by atoms with Gasteiger partial charge in [0.15, 0.2) is 0 Å². The van der Waals surface area contributed by atoms with Crippen molar-refractivity contribution in [3.63, 3.8) is 0 Å². The van der Waals surface area contributed by atoms with Gasteiger partial charge < -0.3 is 0 Å².